The molecule has 0 radical (unpaired) electrons. The Kier molecular flexibility index (Phi) is 22.5. The van der Waals surface area contributed by atoms with E-state index in [1.807, 2.05) is 0 Å². The summed E-state index contributed by atoms with van der Waals surface area (Å²) >= 11 is 0. The van der Waals surface area contributed by atoms with Gasteiger partial charge in [0.2, 0.25) is 0 Å². The zero-order valence-corrected chi connectivity index (χ0v) is 5.53. The fraction of sp³-hybridized carbons (Fsp3) is 0. The van der Waals surface area contributed by atoms with Crippen LogP contribution in [0.5, 0.6) is 0 Å². The second-order valence-electron chi connectivity index (χ2n) is 0.105. The van der Waals surface area contributed by atoms with Gasteiger partial charge in [-0.15, -0.1) is 0 Å². The van der Waals surface area contributed by atoms with Crippen LogP contribution in [-0.2, 0) is 30.6 Å². The first-order valence-corrected chi connectivity index (χ1v) is 0.494. The molecule has 4 heavy (non-hydrogen) atoms. The summed E-state index contributed by atoms with van der Waals surface area (Å²) in [6.45, 7) is -0.250. The molecule has 0 aromatic rings. The molecule has 0 aliphatic rings. The molecule has 22 valence electrons. The van der Waals surface area contributed by atoms with Gasteiger partial charge in [-0.25, -0.2) is 0 Å². The van der Waals surface area contributed by atoms with Crippen LogP contribution in [0.25, 0.3) is 0 Å². The zero-order valence-electron chi connectivity index (χ0n) is 1.93. The first kappa shape index (κ1) is 8.84. The van der Waals surface area contributed by atoms with Crippen molar-refractivity contribution in [3.8, 4) is 0 Å². The Morgan fingerprint density at radius 1 is 1.75 bits per heavy atom. The molecule has 0 atom stereocenters. The SMILES string of the molecule is O=CO.[Hf]. The maximum absolute atomic E-state index is 8.36. The van der Waals surface area contributed by atoms with Crippen LogP contribution in [-0.4, -0.2) is 11.6 Å². The zero-order chi connectivity index (χ0) is 2.71. The maximum Gasteiger partial charge on any atom is 0.290 e. The smallest absolute Gasteiger partial charge is 0.290 e. The summed E-state index contributed by atoms with van der Waals surface area (Å²) in [5, 5.41) is 6.89. The number of carboxylic acid groups (broad SMARTS) is 1. The molecule has 1 N–H and O–H groups in total. The Labute approximate surface area is 42.6 Å². The van der Waals surface area contributed by atoms with E-state index in [1.54, 1.807) is 0 Å². The Hall–Kier alpha value is 0.340. The van der Waals surface area contributed by atoms with E-state index in [1.165, 1.54) is 0 Å². The summed E-state index contributed by atoms with van der Waals surface area (Å²) < 4.78 is 0. The fourth-order valence-electron chi connectivity index (χ4n) is 0. The van der Waals surface area contributed by atoms with Crippen molar-refractivity contribution in [2.75, 3.05) is 0 Å². The third-order valence-electron chi connectivity index (χ3n) is 0. The number of hydrogen-bond acceptors (Lipinski definition) is 1. The Morgan fingerprint density at radius 3 is 1.75 bits per heavy atom. The molecule has 0 saturated heterocycles. The van der Waals surface area contributed by atoms with E-state index in [0.29, 0.717) is 0 Å². The Bertz CT molecular complexity index is 13.5. The summed E-state index contributed by atoms with van der Waals surface area (Å²) in [5.74, 6) is 0. The van der Waals surface area contributed by atoms with Crippen molar-refractivity contribution >= 4 is 6.47 Å². The summed E-state index contributed by atoms with van der Waals surface area (Å²) in [6, 6.07) is 0. The van der Waals surface area contributed by atoms with Gasteiger partial charge in [0, 0.05) is 25.8 Å². The number of carbonyl (C=O) groups is 1. The van der Waals surface area contributed by atoms with Crippen LogP contribution >= 0.6 is 0 Å². The maximum atomic E-state index is 8.36. The normalized spacial score (nSPS) is 3.00. The molecule has 0 fully saturated rings. The fourth-order valence-corrected chi connectivity index (χ4v) is 0. The van der Waals surface area contributed by atoms with Gasteiger partial charge in [0.05, 0.1) is 0 Å². The second-order valence-corrected chi connectivity index (χ2v) is 0.105. The second kappa shape index (κ2) is 10.2. The summed E-state index contributed by atoms with van der Waals surface area (Å²) in [5.41, 5.74) is 0. The molecular weight excluding hydrogens is 222 g/mol. The Balaban J connectivity index is 0. The van der Waals surface area contributed by atoms with Gasteiger partial charge in [-0.3, -0.25) is 4.79 Å². The Morgan fingerprint density at radius 2 is 1.75 bits per heavy atom. The van der Waals surface area contributed by atoms with Crippen LogP contribution in [0.4, 0.5) is 0 Å². The molecular formula is CH2HfO2. The quantitative estimate of drug-likeness (QED) is 0.453. The minimum Gasteiger partial charge on any atom is -0.483 e. The van der Waals surface area contributed by atoms with Gasteiger partial charge in [-0.05, 0) is 0 Å². The van der Waals surface area contributed by atoms with Gasteiger partial charge in [-0.2, -0.15) is 0 Å². The standard InChI is InChI=1S/CH2O2.Hf/c2-1-3;/h1H,(H,2,3);. The van der Waals surface area contributed by atoms with Crippen LogP contribution in [0.3, 0.4) is 0 Å². The van der Waals surface area contributed by atoms with Crippen LogP contribution in [0.2, 0.25) is 0 Å². The molecule has 0 aliphatic heterocycles. The third kappa shape index (κ3) is 36.3. The van der Waals surface area contributed by atoms with E-state index in [9.17, 15) is 0 Å². The van der Waals surface area contributed by atoms with Gasteiger partial charge in [0.1, 0.15) is 0 Å². The molecule has 2 nitrogen and oxygen atoms in total. The van der Waals surface area contributed by atoms with E-state index < -0.39 is 0 Å². The van der Waals surface area contributed by atoms with E-state index in [0.717, 1.165) is 0 Å². The average molecular weight is 225 g/mol. The van der Waals surface area contributed by atoms with Crippen molar-refractivity contribution in [2.45, 2.75) is 0 Å². The third-order valence-corrected chi connectivity index (χ3v) is 0. The number of rotatable bonds is 0. The molecule has 0 heterocycles. The van der Waals surface area contributed by atoms with Crippen LogP contribution in [0.15, 0.2) is 0 Å². The van der Waals surface area contributed by atoms with Crippen LogP contribution < -0.4 is 0 Å². The van der Waals surface area contributed by atoms with Crippen molar-refractivity contribution in [2.24, 2.45) is 0 Å². The summed E-state index contributed by atoms with van der Waals surface area (Å²) in [6.07, 6.45) is 0. The van der Waals surface area contributed by atoms with Crippen molar-refractivity contribution in [1.29, 1.82) is 0 Å². The van der Waals surface area contributed by atoms with Crippen LogP contribution in [0.1, 0.15) is 0 Å². The van der Waals surface area contributed by atoms with Crippen LogP contribution in [0, 0.1) is 0 Å². The number of hydrogen-bond donors (Lipinski definition) is 1. The predicted octanol–water partition coefficient (Wildman–Crippen LogP) is -0.302. The minimum atomic E-state index is -0.250. The largest absolute Gasteiger partial charge is 0.483 e. The van der Waals surface area contributed by atoms with Crippen molar-refractivity contribution in [3.63, 3.8) is 0 Å². The van der Waals surface area contributed by atoms with Gasteiger partial charge in [0.25, 0.3) is 6.47 Å². The first-order chi connectivity index (χ1) is 1.41. The van der Waals surface area contributed by atoms with E-state index in [4.69, 9.17) is 9.90 Å². The van der Waals surface area contributed by atoms with E-state index >= 15 is 0 Å². The molecule has 0 aromatic heterocycles. The van der Waals surface area contributed by atoms with E-state index in [2.05, 4.69) is 0 Å². The predicted molar refractivity (Wildman–Crippen MR) is 8.69 cm³/mol. The molecule has 0 aromatic carbocycles. The van der Waals surface area contributed by atoms with Gasteiger partial charge >= 0.3 is 0 Å². The van der Waals surface area contributed by atoms with Crippen molar-refractivity contribution in [3.05, 3.63) is 0 Å². The molecule has 0 aliphatic carbocycles. The monoisotopic (exact) mass is 226 g/mol. The molecule has 0 bridgehead atoms. The molecule has 0 saturated carbocycles. The molecule has 0 amide bonds. The van der Waals surface area contributed by atoms with Gasteiger partial charge in [0.15, 0.2) is 0 Å². The first-order valence-electron chi connectivity index (χ1n) is 0.494. The van der Waals surface area contributed by atoms with Crippen molar-refractivity contribution in [1.82, 2.24) is 0 Å². The molecule has 0 spiro atoms. The molecule has 0 unspecified atom stereocenters. The van der Waals surface area contributed by atoms with Gasteiger partial charge in [-0.1, -0.05) is 0 Å². The topological polar surface area (TPSA) is 37.3 Å². The average Bonchev–Trinajstić information content (AvgIpc) is 0.918. The van der Waals surface area contributed by atoms with Crippen molar-refractivity contribution < 1.29 is 35.7 Å². The summed E-state index contributed by atoms with van der Waals surface area (Å²) in [4.78, 5) is 8.36. The molecule has 0 rings (SSSR count). The molecule has 3 heteroatoms. The summed E-state index contributed by atoms with van der Waals surface area (Å²) in [7, 11) is 0. The van der Waals surface area contributed by atoms with Gasteiger partial charge < -0.3 is 5.11 Å². The minimum absolute atomic E-state index is 0. The van der Waals surface area contributed by atoms with E-state index in [-0.39, 0.29) is 32.3 Å².